The summed E-state index contributed by atoms with van der Waals surface area (Å²) in [7, 11) is 0. The van der Waals surface area contributed by atoms with Crippen molar-refractivity contribution in [2.24, 2.45) is 0 Å². The summed E-state index contributed by atoms with van der Waals surface area (Å²) in [6, 6.07) is 0.838. The van der Waals surface area contributed by atoms with Crippen LogP contribution in [0.1, 0.15) is 72.6 Å². The van der Waals surface area contributed by atoms with Crippen LogP contribution in [0.25, 0.3) is 0 Å². The molecule has 1 aliphatic heterocycles. The Morgan fingerprint density at radius 1 is 1.17 bits per heavy atom. The van der Waals surface area contributed by atoms with Crippen LogP contribution in [0.4, 0.5) is 0 Å². The number of ether oxygens (including phenoxy) is 1. The van der Waals surface area contributed by atoms with E-state index in [1.807, 2.05) is 0 Å². The molecule has 1 rings (SSSR count). The highest BCUT2D eigenvalue weighted by molar-refractivity contribution is 4.79. The van der Waals surface area contributed by atoms with Crippen LogP contribution < -0.4 is 0 Å². The fourth-order valence-corrected chi connectivity index (χ4v) is 2.78. The standard InChI is InChI=1S/C16H33NO/c1-5-6-7-12-17-13-8-10-15(17)11-9-14-18-16(2,3)4/h15H,5-14H2,1-4H3. The highest BCUT2D eigenvalue weighted by Gasteiger charge is 2.23. The Morgan fingerprint density at radius 2 is 1.94 bits per heavy atom. The SMILES string of the molecule is CCCCCN1CCCC1CCCOC(C)(C)C. The molecule has 0 N–H and O–H groups in total. The maximum Gasteiger partial charge on any atom is 0.0598 e. The molecule has 1 saturated heterocycles. The monoisotopic (exact) mass is 255 g/mol. The Bertz CT molecular complexity index is 210. The number of hydrogen-bond acceptors (Lipinski definition) is 2. The van der Waals surface area contributed by atoms with Gasteiger partial charge in [-0.25, -0.2) is 0 Å². The summed E-state index contributed by atoms with van der Waals surface area (Å²) in [5.74, 6) is 0. The predicted molar refractivity (Wildman–Crippen MR) is 79.1 cm³/mol. The zero-order chi connectivity index (χ0) is 13.4. The third-order valence-electron chi connectivity index (χ3n) is 3.76. The first-order valence-corrected chi connectivity index (χ1v) is 7.91. The van der Waals surface area contributed by atoms with Crippen molar-refractivity contribution in [3.8, 4) is 0 Å². The number of unbranched alkanes of at least 4 members (excludes halogenated alkanes) is 2. The fourth-order valence-electron chi connectivity index (χ4n) is 2.78. The molecular weight excluding hydrogens is 222 g/mol. The second-order valence-corrected chi connectivity index (χ2v) is 6.64. The second kappa shape index (κ2) is 8.16. The van der Waals surface area contributed by atoms with Crippen LogP contribution in [0.15, 0.2) is 0 Å². The van der Waals surface area contributed by atoms with Gasteiger partial charge < -0.3 is 9.64 Å². The molecule has 1 aliphatic rings. The van der Waals surface area contributed by atoms with Gasteiger partial charge in [-0.05, 0) is 66.0 Å². The van der Waals surface area contributed by atoms with Gasteiger partial charge in [0.15, 0.2) is 0 Å². The van der Waals surface area contributed by atoms with Gasteiger partial charge in [-0.3, -0.25) is 0 Å². The normalized spacial score (nSPS) is 21.7. The number of likely N-dealkylation sites (tertiary alicyclic amines) is 1. The minimum Gasteiger partial charge on any atom is -0.376 e. The maximum atomic E-state index is 5.80. The van der Waals surface area contributed by atoms with Crippen LogP contribution >= 0.6 is 0 Å². The Kier molecular flexibility index (Phi) is 7.25. The molecule has 0 radical (unpaired) electrons. The van der Waals surface area contributed by atoms with Crippen LogP contribution in [0.2, 0.25) is 0 Å². The van der Waals surface area contributed by atoms with Crippen molar-refractivity contribution in [3.05, 3.63) is 0 Å². The van der Waals surface area contributed by atoms with Crippen LogP contribution in [-0.2, 0) is 4.74 Å². The van der Waals surface area contributed by atoms with Crippen molar-refractivity contribution in [3.63, 3.8) is 0 Å². The lowest BCUT2D eigenvalue weighted by molar-refractivity contribution is -0.00645. The van der Waals surface area contributed by atoms with E-state index in [0.717, 1.165) is 12.6 Å². The van der Waals surface area contributed by atoms with E-state index in [4.69, 9.17) is 4.74 Å². The van der Waals surface area contributed by atoms with Crippen LogP contribution in [-0.4, -0.2) is 36.2 Å². The fraction of sp³-hybridized carbons (Fsp3) is 1.00. The molecular formula is C16H33NO. The van der Waals surface area contributed by atoms with E-state index in [9.17, 15) is 0 Å². The number of nitrogens with zero attached hydrogens (tertiary/aromatic N) is 1. The Labute approximate surface area is 114 Å². The molecule has 0 spiro atoms. The summed E-state index contributed by atoms with van der Waals surface area (Å²) in [6.45, 7) is 12.3. The summed E-state index contributed by atoms with van der Waals surface area (Å²) in [5.41, 5.74) is 0.0243. The molecule has 108 valence electrons. The molecule has 0 aromatic carbocycles. The number of hydrogen-bond donors (Lipinski definition) is 0. The van der Waals surface area contributed by atoms with Crippen LogP contribution in [0.5, 0.6) is 0 Å². The van der Waals surface area contributed by atoms with E-state index in [2.05, 4.69) is 32.6 Å². The summed E-state index contributed by atoms with van der Waals surface area (Å²) in [4.78, 5) is 2.72. The van der Waals surface area contributed by atoms with E-state index in [-0.39, 0.29) is 5.60 Å². The second-order valence-electron chi connectivity index (χ2n) is 6.64. The lowest BCUT2D eigenvalue weighted by atomic mass is 10.1. The van der Waals surface area contributed by atoms with E-state index < -0.39 is 0 Å². The van der Waals surface area contributed by atoms with Gasteiger partial charge in [0.1, 0.15) is 0 Å². The smallest absolute Gasteiger partial charge is 0.0598 e. The molecule has 1 unspecified atom stereocenters. The lowest BCUT2D eigenvalue weighted by Gasteiger charge is -2.25. The quantitative estimate of drug-likeness (QED) is 0.602. The molecule has 18 heavy (non-hydrogen) atoms. The molecule has 1 fully saturated rings. The maximum absolute atomic E-state index is 5.80. The van der Waals surface area contributed by atoms with E-state index >= 15 is 0 Å². The van der Waals surface area contributed by atoms with Crippen molar-refractivity contribution in [1.82, 2.24) is 4.90 Å². The van der Waals surface area contributed by atoms with Crippen molar-refractivity contribution in [1.29, 1.82) is 0 Å². The molecule has 0 aromatic heterocycles. The molecule has 1 atom stereocenters. The molecule has 0 aliphatic carbocycles. The average molecular weight is 255 g/mol. The topological polar surface area (TPSA) is 12.5 Å². The highest BCUT2D eigenvalue weighted by atomic mass is 16.5. The summed E-state index contributed by atoms with van der Waals surface area (Å²) >= 11 is 0. The van der Waals surface area contributed by atoms with E-state index in [1.54, 1.807) is 0 Å². The van der Waals surface area contributed by atoms with Gasteiger partial charge in [0.25, 0.3) is 0 Å². The predicted octanol–water partition coefficient (Wildman–Crippen LogP) is 4.24. The molecule has 0 saturated carbocycles. The largest absolute Gasteiger partial charge is 0.376 e. The van der Waals surface area contributed by atoms with Crippen molar-refractivity contribution in [2.75, 3.05) is 19.7 Å². The van der Waals surface area contributed by atoms with E-state index in [0.29, 0.717) is 0 Å². The van der Waals surface area contributed by atoms with Crippen molar-refractivity contribution in [2.45, 2.75) is 84.3 Å². The van der Waals surface area contributed by atoms with Gasteiger partial charge >= 0.3 is 0 Å². The van der Waals surface area contributed by atoms with Crippen LogP contribution in [0, 0.1) is 0 Å². The minimum absolute atomic E-state index is 0.0243. The van der Waals surface area contributed by atoms with Crippen molar-refractivity contribution >= 4 is 0 Å². The third kappa shape index (κ3) is 6.75. The summed E-state index contributed by atoms with van der Waals surface area (Å²) in [6.07, 6.45) is 9.44. The zero-order valence-electron chi connectivity index (χ0n) is 13.0. The molecule has 1 heterocycles. The summed E-state index contributed by atoms with van der Waals surface area (Å²) < 4.78 is 5.80. The molecule has 0 amide bonds. The Hall–Kier alpha value is -0.0800. The first kappa shape index (κ1) is 16.0. The Morgan fingerprint density at radius 3 is 2.61 bits per heavy atom. The first-order valence-electron chi connectivity index (χ1n) is 7.91. The van der Waals surface area contributed by atoms with Gasteiger partial charge in [-0.2, -0.15) is 0 Å². The van der Waals surface area contributed by atoms with Gasteiger partial charge in [-0.1, -0.05) is 19.8 Å². The van der Waals surface area contributed by atoms with Crippen LogP contribution in [0.3, 0.4) is 0 Å². The van der Waals surface area contributed by atoms with Gasteiger partial charge in [0.05, 0.1) is 5.60 Å². The third-order valence-corrected chi connectivity index (χ3v) is 3.76. The van der Waals surface area contributed by atoms with Gasteiger partial charge in [-0.15, -0.1) is 0 Å². The molecule has 2 nitrogen and oxygen atoms in total. The van der Waals surface area contributed by atoms with Gasteiger partial charge in [0, 0.05) is 12.6 Å². The van der Waals surface area contributed by atoms with E-state index in [1.165, 1.54) is 58.0 Å². The first-order chi connectivity index (χ1) is 8.53. The zero-order valence-corrected chi connectivity index (χ0v) is 13.0. The Balaban J connectivity index is 2.12. The highest BCUT2D eigenvalue weighted by Crippen LogP contribution is 2.22. The van der Waals surface area contributed by atoms with Gasteiger partial charge in [0.2, 0.25) is 0 Å². The van der Waals surface area contributed by atoms with Crippen molar-refractivity contribution < 1.29 is 4.74 Å². The summed E-state index contributed by atoms with van der Waals surface area (Å²) in [5, 5.41) is 0. The number of rotatable bonds is 8. The minimum atomic E-state index is 0.0243. The average Bonchev–Trinajstić information content (AvgIpc) is 2.71. The molecule has 2 heteroatoms. The lowest BCUT2D eigenvalue weighted by Crippen LogP contribution is -2.31. The molecule has 0 aromatic rings. The molecule has 0 bridgehead atoms.